The summed E-state index contributed by atoms with van der Waals surface area (Å²) in [4.78, 5) is 0. The van der Waals surface area contributed by atoms with Crippen LogP contribution in [0.15, 0.2) is 24.3 Å². The third-order valence-electron chi connectivity index (χ3n) is 9.08. The van der Waals surface area contributed by atoms with Gasteiger partial charge in [0.15, 0.2) is 0 Å². The molecule has 0 aromatic heterocycles. The summed E-state index contributed by atoms with van der Waals surface area (Å²) in [5.74, 6) is 4.64. The Balaban J connectivity index is 1.32. The second kappa shape index (κ2) is 11.2. The Labute approximate surface area is 191 Å². The van der Waals surface area contributed by atoms with Crippen molar-refractivity contribution in [2.45, 2.75) is 110 Å². The molecule has 172 valence electrons. The average Bonchev–Trinajstić information content (AvgIpc) is 2.79. The van der Waals surface area contributed by atoms with Gasteiger partial charge in [-0.1, -0.05) is 57.2 Å². The van der Waals surface area contributed by atoms with Crippen molar-refractivity contribution < 1.29 is 4.39 Å². The summed E-state index contributed by atoms with van der Waals surface area (Å²) in [6.07, 6.45) is 24.1. The maximum Gasteiger partial charge on any atom is 0.126 e. The smallest absolute Gasteiger partial charge is 0.126 e. The molecule has 0 saturated heterocycles. The van der Waals surface area contributed by atoms with E-state index >= 15 is 4.39 Å². The van der Waals surface area contributed by atoms with Gasteiger partial charge in [-0.3, -0.25) is 0 Å². The number of hydrogen-bond donors (Lipinski definition) is 0. The van der Waals surface area contributed by atoms with Gasteiger partial charge in [0.1, 0.15) is 5.82 Å². The topological polar surface area (TPSA) is 0 Å². The number of rotatable bonds is 8. The zero-order valence-electron chi connectivity index (χ0n) is 20.2. The fraction of sp³-hybridized carbons (Fsp3) is 0.733. The van der Waals surface area contributed by atoms with Crippen LogP contribution in [-0.2, 0) is 19.3 Å². The van der Waals surface area contributed by atoms with E-state index < -0.39 is 0 Å². The van der Waals surface area contributed by atoms with E-state index in [1.807, 2.05) is 6.07 Å². The molecule has 0 radical (unpaired) electrons. The monoisotopic (exact) mass is 424 g/mol. The van der Waals surface area contributed by atoms with Crippen molar-refractivity contribution in [1.29, 1.82) is 0 Å². The van der Waals surface area contributed by atoms with Crippen LogP contribution in [0.2, 0.25) is 0 Å². The maximum absolute atomic E-state index is 15.0. The number of fused-ring (bicyclic) bond motifs is 2. The first-order chi connectivity index (χ1) is 15.2. The Morgan fingerprint density at radius 3 is 2.52 bits per heavy atom. The van der Waals surface area contributed by atoms with Crippen LogP contribution in [0.25, 0.3) is 0 Å². The summed E-state index contributed by atoms with van der Waals surface area (Å²) in [7, 11) is 0. The molecule has 1 aromatic carbocycles. The minimum absolute atomic E-state index is 0.0824. The number of aryl methyl sites for hydroxylation is 2. The van der Waals surface area contributed by atoms with Crippen LogP contribution in [-0.4, -0.2) is 0 Å². The van der Waals surface area contributed by atoms with Gasteiger partial charge in [-0.25, -0.2) is 4.39 Å². The summed E-state index contributed by atoms with van der Waals surface area (Å²) < 4.78 is 15.0. The summed E-state index contributed by atoms with van der Waals surface area (Å²) in [5.41, 5.74) is 3.56. The van der Waals surface area contributed by atoms with Crippen LogP contribution in [0.4, 0.5) is 4.39 Å². The number of benzene rings is 1. The first-order valence-electron chi connectivity index (χ1n) is 13.6. The molecule has 5 unspecified atom stereocenters. The van der Waals surface area contributed by atoms with Gasteiger partial charge in [0.25, 0.3) is 0 Å². The van der Waals surface area contributed by atoms with Gasteiger partial charge >= 0.3 is 0 Å². The lowest BCUT2D eigenvalue weighted by atomic mass is 9.60. The third kappa shape index (κ3) is 5.82. The van der Waals surface area contributed by atoms with E-state index in [1.54, 1.807) is 0 Å². The molecule has 0 heterocycles. The lowest BCUT2D eigenvalue weighted by molar-refractivity contribution is 0.0687. The molecule has 0 aliphatic heterocycles. The van der Waals surface area contributed by atoms with Crippen molar-refractivity contribution >= 4 is 0 Å². The van der Waals surface area contributed by atoms with Crippen molar-refractivity contribution in [3.8, 4) is 0 Å². The van der Waals surface area contributed by atoms with Gasteiger partial charge in [-0.2, -0.15) is 0 Å². The van der Waals surface area contributed by atoms with Crippen molar-refractivity contribution in [2.75, 3.05) is 0 Å². The third-order valence-corrected chi connectivity index (χ3v) is 9.08. The minimum atomic E-state index is 0.0824. The van der Waals surface area contributed by atoms with Gasteiger partial charge in [0, 0.05) is 0 Å². The summed E-state index contributed by atoms with van der Waals surface area (Å²) in [6, 6.07) is 4.15. The second-order valence-corrected chi connectivity index (χ2v) is 11.1. The highest BCUT2D eigenvalue weighted by molar-refractivity contribution is 5.36. The molecule has 3 aliphatic rings. The highest BCUT2D eigenvalue weighted by Crippen LogP contribution is 2.49. The van der Waals surface area contributed by atoms with Crippen LogP contribution in [0.1, 0.15) is 108 Å². The van der Waals surface area contributed by atoms with E-state index in [0.29, 0.717) is 0 Å². The minimum Gasteiger partial charge on any atom is -0.207 e. The fourth-order valence-corrected chi connectivity index (χ4v) is 7.27. The predicted octanol–water partition coefficient (Wildman–Crippen LogP) is 8.85. The molecule has 2 fully saturated rings. The zero-order valence-corrected chi connectivity index (χ0v) is 20.2. The number of allylic oxidation sites excluding steroid dienone is 2. The molecule has 4 rings (SSSR count). The van der Waals surface area contributed by atoms with Crippen LogP contribution >= 0.6 is 0 Å². The molecule has 3 aliphatic carbocycles. The maximum atomic E-state index is 15.0. The van der Waals surface area contributed by atoms with Crippen molar-refractivity contribution in [1.82, 2.24) is 0 Å². The molecule has 1 heteroatoms. The molecular formula is C30H45F. The molecule has 2 saturated carbocycles. The number of halogens is 1. The second-order valence-electron chi connectivity index (χ2n) is 11.1. The Bertz CT molecular complexity index is 732. The summed E-state index contributed by atoms with van der Waals surface area (Å²) in [6.45, 7) is 4.37. The molecule has 31 heavy (non-hydrogen) atoms. The number of hydrogen-bond acceptors (Lipinski definition) is 0. The fourth-order valence-electron chi connectivity index (χ4n) is 7.27. The lowest BCUT2D eigenvalue weighted by Gasteiger charge is -2.45. The van der Waals surface area contributed by atoms with Crippen LogP contribution in [0, 0.1) is 35.4 Å². The van der Waals surface area contributed by atoms with Gasteiger partial charge in [0.2, 0.25) is 0 Å². The van der Waals surface area contributed by atoms with Crippen molar-refractivity contribution in [3.63, 3.8) is 0 Å². The molecule has 0 spiro atoms. The SMILES string of the molecule is C/C=C/CCc1cc(F)c2c(c1)CCC(C1CCC3CC(CCCCC)CCC3C1)C2. The lowest BCUT2D eigenvalue weighted by Crippen LogP contribution is -2.35. The van der Waals surface area contributed by atoms with Gasteiger partial charge in [-0.15, -0.1) is 0 Å². The molecule has 0 N–H and O–H groups in total. The average molecular weight is 425 g/mol. The summed E-state index contributed by atoms with van der Waals surface area (Å²) in [5, 5.41) is 0. The van der Waals surface area contributed by atoms with E-state index in [4.69, 9.17) is 0 Å². The molecule has 0 nitrogen and oxygen atoms in total. The van der Waals surface area contributed by atoms with E-state index in [9.17, 15) is 0 Å². The Morgan fingerprint density at radius 1 is 0.935 bits per heavy atom. The molecular weight excluding hydrogens is 379 g/mol. The Morgan fingerprint density at radius 2 is 1.71 bits per heavy atom. The van der Waals surface area contributed by atoms with Gasteiger partial charge < -0.3 is 0 Å². The molecule has 0 bridgehead atoms. The van der Waals surface area contributed by atoms with Crippen molar-refractivity contribution in [3.05, 3.63) is 46.8 Å². The highest BCUT2D eigenvalue weighted by Gasteiger charge is 2.38. The van der Waals surface area contributed by atoms with E-state index in [2.05, 4.69) is 32.1 Å². The predicted molar refractivity (Wildman–Crippen MR) is 131 cm³/mol. The first kappa shape index (κ1) is 23.1. The largest absolute Gasteiger partial charge is 0.207 e. The van der Waals surface area contributed by atoms with Crippen LogP contribution < -0.4 is 0 Å². The normalized spacial score (nSPS) is 30.9. The Hall–Kier alpha value is -1.11. The quantitative estimate of drug-likeness (QED) is 0.289. The van der Waals surface area contributed by atoms with E-state index in [-0.39, 0.29) is 5.82 Å². The molecule has 1 aromatic rings. The summed E-state index contributed by atoms with van der Waals surface area (Å²) >= 11 is 0. The first-order valence-corrected chi connectivity index (χ1v) is 13.6. The van der Waals surface area contributed by atoms with Gasteiger partial charge in [0.05, 0.1) is 0 Å². The molecule has 0 amide bonds. The number of unbranched alkanes of at least 4 members (excludes halogenated alkanes) is 2. The standard InChI is InChI=1S/C30H45F/c1-3-5-7-9-22-11-12-25-20-26(14-13-24(25)17-22)27-15-16-28-18-23(10-8-6-4-2)19-30(31)29(28)21-27/h4,6,18-19,22,24-27H,3,5,7-17,20-21H2,1-2H3/b6-4+. The van der Waals surface area contributed by atoms with Crippen LogP contribution in [0.5, 0.6) is 0 Å². The van der Waals surface area contributed by atoms with E-state index in [0.717, 1.165) is 60.8 Å². The van der Waals surface area contributed by atoms with Gasteiger partial charge in [-0.05, 0) is 123 Å². The molecule has 5 atom stereocenters. The van der Waals surface area contributed by atoms with E-state index in [1.165, 1.54) is 81.8 Å². The van der Waals surface area contributed by atoms with Crippen molar-refractivity contribution in [2.24, 2.45) is 29.6 Å². The zero-order chi connectivity index (χ0) is 21.6. The Kier molecular flexibility index (Phi) is 8.30. The highest BCUT2D eigenvalue weighted by atomic mass is 19.1. The van der Waals surface area contributed by atoms with Crippen LogP contribution in [0.3, 0.4) is 0 Å².